The summed E-state index contributed by atoms with van der Waals surface area (Å²) in [6.07, 6.45) is 1.29. The number of carbonyl (C=O) groups is 1. The zero-order valence-corrected chi connectivity index (χ0v) is 19.2. The molecule has 186 valence electrons. The standard InChI is InChI=1S/C25H27F3N4O3/c1-34-14-20(23(29)33)16-3-2-4-19(11-16)35-18-8-5-15(6-9-18)21-10-7-17(12-30-21)24-31-13-22(32-24)25(26,27)28/h5-10,12-13,16,19-20H,2-4,11,14H2,1H3,(H2,29,33)(H,31,32)/t16?,19-,20?/m1/s1. The number of benzene rings is 1. The molecule has 3 atom stereocenters. The molecule has 1 aliphatic rings. The van der Waals surface area contributed by atoms with Crippen molar-refractivity contribution in [3.05, 3.63) is 54.5 Å². The summed E-state index contributed by atoms with van der Waals surface area (Å²) in [7, 11) is 1.57. The average molecular weight is 489 g/mol. The van der Waals surface area contributed by atoms with E-state index in [0.717, 1.165) is 37.4 Å². The molecule has 10 heteroatoms. The SMILES string of the molecule is COCC(C(N)=O)C1CCC[C@@H](Oc2ccc(-c3ccc(-c4ncc(C(F)(F)F)[nH]4)cn3)cc2)C1. The van der Waals surface area contributed by atoms with Gasteiger partial charge in [-0.3, -0.25) is 9.78 Å². The minimum Gasteiger partial charge on any atom is -0.490 e. The number of imidazole rings is 1. The fourth-order valence-corrected chi connectivity index (χ4v) is 4.50. The van der Waals surface area contributed by atoms with Crippen molar-refractivity contribution in [2.45, 2.75) is 38.0 Å². The Labute approximate surface area is 200 Å². The zero-order chi connectivity index (χ0) is 25.0. The number of amides is 1. The Kier molecular flexibility index (Phi) is 7.39. The summed E-state index contributed by atoms with van der Waals surface area (Å²) in [6.45, 7) is 0.316. The van der Waals surface area contributed by atoms with Gasteiger partial charge in [0.2, 0.25) is 5.91 Å². The molecular formula is C25H27F3N4O3. The fraction of sp³-hybridized carbons (Fsp3) is 0.400. The molecule has 0 spiro atoms. The first-order valence-electron chi connectivity index (χ1n) is 11.4. The van der Waals surface area contributed by atoms with Crippen LogP contribution in [-0.2, 0) is 15.7 Å². The van der Waals surface area contributed by atoms with Crippen LogP contribution in [0.3, 0.4) is 0 Å². The van der Waals surface area contributed by atoms with Crippen LogP contribution in [0.2, 0.25) is 0 Å². The second-order valence-corrected chi connectivity index (χ2v) is 8.73. The van der Waals surface area contributed by atoms with Gasteiger partial charge in [0.25, 0.3) is 0 Å². The largest absolute Gasteiger partial charge is 0.490 e. The van der Waals surface area contributed by atoms with Crippen LogP contribution in [0.25, 0.3) is 22.6 Å². The Balaban J connectivity index is 1.39. The normalized spacial score (nSPS) is 19.3. The van der Waals surface area contributed by atoms with Gasteiger partial charge in [-0.1, -0.05) is 0 Å². The predicted molar refractivity (Wildman–Crippen MR) is 123 cm³/mol. The van der Waals surface area contributed by atoms with Gasteiger partial charge in [-0.25, -0.2) is 4.98 Å². The molecule has 3 aromatic rings. The number of primary amides is 1. The van der Waals surface area contributed by atoms with E-state index in [0.29, 0.717) is 23.6 Å². The first kappa shape index (κ1) is 24.7. The average Bonchev–Trinajstić information content (AvgIpc) is 3.34. The highest BCUT2D eigenvalue weighted by Crippen LogP contribution is 2.34. The Bertz CT molecular complexity index is 1130. The summed E-state index contributed by atoms with van der Waals surface area (Å²) in [6, 6.07) is 10.9. The van der Waals surface area contributed by atoms with E-state index in [2.05, 4.69) is 15.0 Å². The number of alkyl halides is 3. The van der Waals surface area contributed by atoms with Gasteiger partial charge in [-0.15, -0.1) is 0 Å². The van der Waals surface area contributed by atoms with Gasteiger partial charge in [0, 0.05) is 24.4 Å². The van der Waals surface area contributed by atoms with E-state index in [1.165, 1.54) is 6.20 Å². The van der Waals surface area contributed by atoms with E-state index in [4.69, 9.17) is 15.2 Å². The molecule has 3 N–H and O–H groups in total. The van der Waals surface area contributed by atoms with Crippen LogP contribution in [0.5, 0.6) is 5.75 Å². The van der Waals surface area contributed by atoms with Crippen molar-refractivity contribution in [2.75, 3.05) is 13.7 Å². The van der Waals surface area contributed by atoms with E-state index in [1.807, 2.05) is 24.3 Å². The molecule has 1 aromatic carbocycles. The number of hydrogen-bond acceptors (Lipinski definition) is 5. The molecule has 1 fully saturated rings. The molecule has 0 aliphatic heterocycles. The lowest BCUT2D eigenvalue weighted by molar-refractivity contribution is -0.140. The van der Waals surface area contributed by atoms with Crippen LogP contribution in [0.1, 0.15) is 31.4 Å². The molecule has 2 heterocycles. The summed E-state index contributed by atoms with van der Waals surface area (Å²) in [5.74, 6) is 0.301. The fourth-order valence-electron chi connectivity index (χ4n) is 4.50. The van der Waals surface area contributed by atoms with Crippen LogP contribution in [0.15, 0.2) is 48.8 Å². The van der Waals surface area contributed by atoms with E-state index >= 15 is 0 Å². The molecule has 0 bridgehead atoms. The summed E-state index contributed by atoms with van der Waals surface area (Å²) in [4.78, 5) is 22.2. The number of halogens is 3. The van der Waals surface area contributed by atoms with Crippen molar-refractivity contribution in [1.29, 1.82) is 0 Å². The number of H-pyrrole nitrogens is 1. The monoisotopic (exact) mass is 488 g/mol. The van der Waals surface area contributed by atoms with Crippen molar-refractivity contribution in [1.82, 2.24) is 15.0 Å². The molecule has 1 saturated carbocycles. The topological polar surface area (TPSA) is 103 Å². The Morgan fingerprint density at radius 2 is 1.86 bits per heavy atom. The van der Waals surface area contributed by atoms with E-state index in [9.17, 15) is 18.0 Å². The number of nitrogens with two attached hydrogens (primary N) is 1. The van der Waals surface area contributed by atoms with Crippen molar-refractivity contribution in [2.24, 2.45) is 17.6 Å². The lowest BCUT2D eigenvalue weighted by Gasteiger charge is -2.33. The van der Waals surface area contributed by atoms with E-state index in [1.54, 1.807) is 19.2 Å². The minimum atomic E-state index is -4.48. The number of ether oxygens (including phenoxy) is 2. The highest BCUT2D eigenvalue weighted by molar-refractivity contribution is 5.77. The van der Waals surface area contributed by atoms with Gasteiger partial charge >= 0.3 is 6.18 Å². The quantitative estimate of drug-likeness (QED) is 0.472. The molecule has 0 radical (unpaired) electrons. The molecule has 35 heavy (non-hydrogen) atoms. The number of hydrogen-bond donors (Lipinski definition) is 2. The van der Waals surface area contributed by atoms with Gasteiger partial charge in [0.05, 0.1) is 30.5 Å². The third-order valence-corrected chi connectivity index (χ3v) is 6.32. The second-order valence-electron chi connectivity index (χ2n) is 8.73. The highest BCUT2D eigenvalue weighted by atomic mass is 19.4. The maximum absolute atomic E-state index is 12.8. The second kappa shape index (κ2) is 10.5. The molecule has 2 aromatic heterocycles. The van der Waals surface area contributed by atoms with Crippen LogP contribution in [0.4, 0.5) is 13.2 Å². The van der Waals surface area contributed by atoms with Crippen molar-refractivity contribution in [3.8, 4) is 28.4 Å². The van der Waals surface area contributed by atoms with Gasteiger partial charge in [0.15, 0.2) is 0 Å². The van der Waals surface area contributed by atoms with E-state index in [-0.39, 0.29) is 29.7 Å². The van der Waals surface area contributed by atoms with E-state index < -0.39 is 11.9 Å². The maximum atomic E-state index is 12.8. The number of aromatic amines is 1. The molecular weight excluding hydrogens is 461 g/mol. The summed E-state index contributed by atoms with van der Waals surface area (Å²) in [5.41, 5.74) is 6.64. The van der Waals surface area contributed by atoms with Crippen LogP contribution in [-0.4, -0.2) is 40.7 Å². The van der Waals surface area contributed by atoms with Crippen molar-refractivity contribution >= 4 is 5.91 Å². The Morgan fingerprint density at radius 1 is 1.11 bits per heavy atom. The third-order valence-electron chi connectivity index (χ3n) is 6.32. The number of carbonyl (C=O) groups excluding carboxylic acids is 1. The molecule has 0 saturated heterocycles. The van der Waals surface area contributed by atoms with Crippen LogP contribution >= 0.6 is 0 Å². The summed E-state index contributed by atoms with van der Waals surface area (Å²) >= 11 is 0. The number of pyridine rings is 1. The molecule has 1 amide bonds. The van der Waals surface area contributed by atoms with Gasteiger partial charge in [-0.05, 0) is 68.0 Å². The molecule has 1 aliphatic carbocycles. The lowest BCUT2D eigenvalue weighted by Crippen LogP contribution is -2.38. The number of nitrogens with zero attached hydrogens (tertiary/aromatic N) is 2. The Hall–Kier alpha value is -3.40. The first-order valence-corrected chi connectivity index (χ1v) is 11.4. The van der Waals surface area contributed by atoms with Crippen molar-refractivity contribution < 1.29 is 27.4 Å². The number of rotatable bonds is 8. The molecule has 2 unspecified atom stereocenters. The van der Waals surface area contributed by atoms with Crippen LogP contribution in [0, 0.1) is 11.8 Å². The van der Waals surface area contributed by atoms with Gasteiger partial charge < -0.3 is 20.2 Å². The summed E-state index contributed by atoms with van der Waals surface area (Å²) in [5, 5.41) is 0. The Morgan fingerprint density at radius 3 is 2.46 bits per heavy atom. The molecule has 7 nitrogen and oxygen atoms in total. The summed E-state index contributed by atoms with van der Waals surface area (Å²) < 4.78 is 49.7. The predicted octanol–water partition coefficient (Wildman–Crippen LogP) is 4.84. The number of methoxy groups -OCH3 is 1. The minimum absolute atomic E-state index is 0.00870. The first-order chi connectivity index (χ1) is 16.7. The van der Waals surface area contributed by atoms with Crippen LogP contribution < -0.4 is 10.5 Å². The third kappa shape index (κ3) is 6.00. The smallest absolute Gasteiger partial charge is 0.432 e. The van der Waals surface area contributed by atoms with Gasteiger partial charge in [0.1, 0.15) is 17.3 Å². The van der Waals surface area contributed by atoms with Crippen molar-refractivity contribution in [3.63, 3.8) is 0 Å². The highest BCUT2D eigenvalue weighted by Gasteiger charge is 2.33. The number of aromatic nitrogens is 3. The number of nitrogens with one attached hydrogen (secondary N) is 1. The van der Waals surface area contributed by atoms with Gasteiger partial charge in [-0.2, -0.15) is 13.2 Å². The molecule has 4 rings (SSSR count). The zero-order valence-electron chi connectivity index (χ0n) is 19.2. The maximum Gasteiger partial charge on any atom is 0.432 e. The lowest BCUT2D eigenvalue weighted by atomic mass is 9.78.